The summed E-state index contributed by atoms with van der Waals surface area (Å²) in [6, 6.07) is 14.9. The van der Waals surface area contributed by atoms with E-state index in [1.165, 1.54) is 11.3 Å². The number of aromatic nitrogens is 1. The summed E-state index contributed by atoms with van der Waals surface area (Å²) in [6.07, 6.45) is 2.53. The molecule has 1 heterocycles. The van der Waals surface area contributed by atoms with E-state index < -0.39 is 0 Å². The van der Waals surface area contributed by atoms with Crippen molar-refractivity contribution in [3.05, 3.63) is 85.0 Å². The van der Waals surface area contributed by atoms with E-state index in [1.54, 1.807) is 16.7 Å². The molecule has 0 aliphatic rings. The Morgan fingerprint density at radius 1 is 1.17 bits per heavy atom. The van der Waals surface area contributed by atoms with Gasteiger partial charge >= 0.3 is 0 Å². The number of rotatable bonds is 5. The van der Waals surface area contributed by atoms with Crippen LogP contribution in [0.25, 0.3) is 0 Å². The van der Waals surface area contributed by atoms with Crippen LogP contribution in [0.3, 0.4) is 0 Å². The van der Waals surface area contributed by atoms with E-state index in [2.05, 4.69) is 15.9 Å². The molecule has 0 fully saturated rings. The zero-order valence-corrected chi connectivity index (χ0v) is 15.8. The van der Waals surface area contributed by atoms with Crippen molar-refractivity contribution in [1.82, 2.24) is 4.57 Å². The minimum Gasteiger partial charge on any atom is -0.316 e. The summed E-state index contributed by atoms with van der Waals surface area (Å²) in [4.78, 5) is 13.7. The van der Waals surface area contributed by atoms with Crippen LogP contribution < -0.4 is 4.80 Å². The van der Waals surface area contributed by atoms with Gasteiger partial charge in [0.05, 0.1) is 6.54 Å². The molecule has 0 saturated heterocycles. The molecule has 1 N–H and O–H groups in total. The molecule has 122 valence electrons. The van der Waals surface area contributed by atoms with Crippen LogP contribution >= 0.6 is 38.9 Å². The van der Waals surface area contributed by atoms with Gasteiger partial charge in [-0.2, -0.15) is 0 Å². The van der Waals surface area contributed by atoms with Crippen LogP contribution in [0, 0.1) is 5.41 Å². The van der Waals surface area contributed by atoms with Gasteiger partial charge < -0.3 is 4.57 Å². The summed E-state index contributed by atoms with van der Waals surface area (Å²) < 4.78 is 2.62. The molecule has 24 heavy (non-hydrogen) atoms. The van der Waals surface area contributed by atoms with Crippen molar-refractivity contribution in [3.63, 3.8) is 0 Å². The number of hydrogen-bond donors (Lipinski definition) is 1. The highest BCUT2D eigenvalue weighted by molar-refractivity contribution is 9.10. The third-order valence-electron chi connectivity index (χ3n) is 3.59. The molecule has 6 heteroatoms. The lowest BCUT2D eigenvalue weighted by atomic mass is 10.1. The van der Waals surface area contributed by atoms with E-state index >= 15 is 0 Å². The number of ketones is 1. The topological polar surface area (TPSA) is 45.9 Å². The van der Waals surface area contributed by atoms with Crippen molar-refractivity contribution in [2.75, 3.05) is 0 Å². The SMILES string of the molecule is N=c1sc(Cc2ccccc2Cl)cn1CC(=O)c1ccc(Br)cc1. The Kier molecular flexibility index (Phi) is 5.33. The Balaban J connectivity index is 1.77. The van der Waals surface area contributed by atoms with Crippen LogP contribution in [0.5, 0.6) is 0 Å². The molecule has 0 spiro atoms. The molecule has 0 unspecified atom stereocenters. The van der Waals surface area contributed by atoms with Gasteiger partial charge in [0.1, 0.15) is 0 Å². The van der Waals surface area contributed by atoms with Gasteiger partial charge in [0, 0.05) is 32.6 Å². The number of carbonyl (C=O) groups is 1. The molecule has 3 rings (SSSR count). The molecule has 0 bridgehead atoms. The average molecular weight is 422 g/mol. The normalized spacial score (nSPS) is 10.8. The van der Waals surface area contributed by atoms with Crippen LogP contribution in [0.2, 0.25) is 5.02 Å². The standard InChI is InChI=1S/C18H14BrClN2OS/c19-14-7-5-12(6-8-14)17(23)11-22-10-15(24-18(22)21)9-13-3-1-2-4-16(13)20/h1-8,10,21H,9,11H2. The Bertz CT molecular complexity index is 931. The van der Waals surface area contributed by atoms with Gasteiger partial charge in [-0.15, -0.1) is 11.3 Å². The van der Waals surface area contributed by atoms with Crippen LogP contribution in [0.15, 0.2) is 59.2 Å². The van der Waals surface area contributed by atoms with Crippen molar-refractivity contribution in [2.24, 2.45) is 0 Å². The molecule has 0 aliphatic heterocycles. The maximum absolute atomic E-state index is 12.4. The van der Waals surface area contributed by atoms with E-state index in [1.807, 2.05) is 42.6 Å². The molecule has 0 atom stereocenters. The fraction of sp³-hybridized carbons (Fsp3) is 0.111. The van der Waals surface area contributed by atoms with Gasteiger partial charge in [0.15, 0.2) is 10.6 Å². The Morgan fingerprint density at radius 3 is 2.58 bits per heavy atom. The third-order valence-corrected chi connectivity index (χ3v) is 5.43. The monoisotopic (exact) mass is 420 g/mol. The summed E-state index contributed by atoms with van der Waals surface area (Å²) in [5.41, 5.74) is 1.66. The summed E-state index contributed by atoms with van der Waals surface area (Å²) in [5.74, 6) is -0.0110. The number of Topliss-reactive ketones (excluding diaryl/α,β-unsaturated/α-hetero) is 1. The Labute approximate surface area is 157 Å². The minimum atomic E-state index is -0.0110. The fourth-order valence-electron chi connectivity index (χ4n) is 2.35. The van der Waals surface area contributed by atoms with Gasteiger partial charge in [-0.25, -0.2) is 0 Å². The number of nitrogens with one attached hydrogen (secondary N) is 1. The van der Waals surface area contributed by atoms with Crippen molar-refractivity contribution >= 4 is 44.7 Å². The van der Waals surface area contributed by atoms with Gasteiger partial charge in [0.25, 0.3) is 0 Å². The van der Waals surface area contributed by atoms with Crippen LogP contribution in [-0.2, 0) is 13.0 Å². The number of hydrogen-bond acceptors (Lipinski definition) is 3. The zero-order valence-electron chi connectivity index (χ0n) is 12.6. The molecule has 0 amide bonds. The van der Waals surface area contributed by atoms with Gasteiger partial charge in [0.2, 0.25) is 0 Å². The number of nitrogens with zero attached hydrogens (tertiary/aromatic N) is 1. The lowest BCUT2D eigenvalue weighted by Gasteiger charge is -2.03. The number of thiazole rings is 1. The van der Waals surface area contributed by atoms with Gasteiger partial charge in [-0.3, -0.25) is 10.2 Å². The minimum absolute atomic E-state index is 0.0110. The van der Waals surface area contributed by atoms with E-state index in [0.717, 1.165) is 19.9 Å². The fourth-order valence-corrected chi connectivity index (χ4v) is 3.71. The second-order valence-corrected chi connectivity index (χ2v) is 7.77. The van der Waals surface area contributed by atoms with Crippen LogP contribution in [0.1, 0.15) is 20.8 Å². The highest BCUT2D eigenvalue weighted by Crippen LogP contribution is 2.20. The lowest BCUT2D eigenvalue weighted by Crippen LogP contribution is -2.18. The molecule has 2 aromatic carbocycles. The quantitative estimate of drug-likeness (QED) is 0.584. The van der Waals surface area contributed by atoms with E-state index in [-0.39, 0.29) is 12.3 Å². The predicted octanol–water partition coefficient (Wildman–Crippen LogP) is 4.92. The number of halogens is 2. The average Bonchev–Trinajstić information content (AvgIpc) is 2.90. The molecule has 0 saturated carbocycles. The summed E-state index contributed by atoms with van der Waals surface area (Å²) >= 11 is 10.9. The molecule has 3 nitrogen and oxygen atoms in total. The third kappa shape index (κ3) is 4.04. The predicted molar refractivity (Wildman–Crippen MR) is 101 cm³/mol. The second kappa shape index (κ2) is 7.47. The molecule has 1 aromatic heterocycles. The summed E-state index contributed by atoms with van der Waals surface area (Å²) in [7, 11) is 0. The lowest BCUT2D eigenvalue weighted by molar-refractivity contribution is 0.0971. The van der Waals surface area contributed by atoms with Crippen molar-refractivity contribution in [2.45, 2.75) is 13.0 Å². The van der Waals surface area contributed by atoms with Crippen molar-refractivity contribution in [3.8, 4) is 0 Å². The summed E-state index contributed by atoms with van der Waals surface area (Å²) in [6.45, 7) is 0.166. The highest BCUT2D eigenvalue weighted by Gasteiger charge is 2.10. The van der Waals surface area contributed by atoms with Crippen LogP contribution in [0.4, 0.5) is 0 Å². The van der Waals surface area contributed by atoms with Crippen LogP contribution in [-0.4, -0.2) is 10.4 Å². The number of benzene rings is 2. The van der Waals surface area contributed by atoms with E-state index in [0.29, 0.717) is 16.8 Å². The first-order chi connectivity index (χ1) is 11.5. The second-order valence-electron chi connectivity index (χ2n) is 5.33. The Hall–Kier alpha value is -1.69. The largest absolute Gasteiger partial charge is 0.316 e. The first kappa shape index (κ1) is 17.1. The molecule has 0 aliphatic carbocycles. The van der Waals surface area contributed by atoms with E-state index in [4.69, 9.17) is 17.0 Å². The smallest absolute Gasteiger partial charge is 0.182 e. The maximum Gasteiger partial charge on any atom is 0.182 e. The molecular formula is C18H14BrClN2OS. The van der Waals surface area contributed by atoms with E-state index in [9.17, 15) is 4.79 Å². The Morgan fingerprint density at radius 2 is 1.88 bits per heavy atom. The molecular weight excluding hydrogens is 408 g/mol. The maximum atomic E-state index is 12.4. The van der Waals surface area contributed by atoms with Crippen molar-refractivity contribution in [1.29, 1.82) is 5.41 Å². The highest BCUT2D eigenvalue weighted by atomic mass is 79.9. The van der Waals surface area contributed by atoms with Gasteiger partial charge in [-0.1, -0.05) is 57.9 Å². The first-order valence-electron chi connectivity index (χ1n) is 7.29. The number of carbonyl (C=O) groups excluding carboxylic acids is 1. The summed E-state index contributed by atoms with van der Waals surface area (Å²) in [5, 5.41) is 8.81. The first-order valence-corrected chi connectivity index (χ1v) is 9.27. The molecule has 0 radical (unpaired) electrons. The zero-order chi connectivity index (χ0) is 17.1. The van der Waals surface area contributed by atoms with Crippen molar-refractivity contribution < 1.29 is 4.79 Å². The van der Waals surface area contributed by atoms with Gasteiger partial charge in [-0.05, 0) is 23.8 Å². The molecule has 3 aromatic rings.